The molecule has 214 valence electrons. The van der Waals surface area contributed by atoms with Crippen LogP contribution in [-0.4, -0.2) is 36.4 Å². The fraction of sp³-hybridized carbons (Fsp3) is 0.258. The molecule has 0 saturated carbocycles. The maximum Gasteiger partial charge on any atom is 0.271 e. The Morgan fingerprint density at radius 2 is 1.76 bits per heavy atom. The van der Waals surface area contributed by atoms with Gasteiger partial charge in [-0.15, -0.1) is 0 Å². The number of amides is 1. The summed E-state index contributed by atoms with van der Waals surface area (Å²) in [6, 6.07) is 18.3. The number of nitrogens with zero attached hydrogens (tertiary/aromatic N) is 5. The second-order valence-corrected chi connectivity index (χ2v) is 10.7. The smallest absolute Gasteiger partial charge is 0.271 e. The molecule has 4 heterocycles. The molecule has 1 saturated heterocycles. The minimum Gasteiger partial charge on any atom is -0.356 e. The van der Waals surface area contributed by atoms with Crippen molar-refractivity contribution >= 4 is 28.4 Å². The number of fused-ring (bicyclic) bond motifs is 1. The molecule has 42 heavy (non-hydrogen) atoms. The highest BCUT2D eigenvalue weighted by atomic mass is 35.5. The van der Waals surface area contributed by atoms with E-state index in [0.717, 1.165) is 47.5 Å². The van der Waals surface area contributed by atoms with Crippen molar-refractivity contribution in [1.29, 1.82) is 0 Å². The number of carbonyl (C=O) groups excluding carboxylic acids is 1. The van der Waals surface area contributed by atoms with Gasteiger partial charge in [-0.05, 0) is 54.7 Å². The molecular weight excluding hydrogens is 556 g/mol. The number of ether oxygens (including phenoxy) is 1. The van der Waals surface area contributed by atoms with E-state index < -0.39 is 5.91 Å². The van der Waals surface area contributed by atoms with E-state index >= 15 is 0 Å². The summed E-state index contributed by atoms with van der Waals surface area (Å²) in [5.74, 6) is -0.425. The van der Waals surface area contributed by atoms with Crippen molar-refractivity contribution in [2.75, 3.05) is 6.61 Å². The molecule has 2 aromatic carbocycles. The minimum atomic E-state index is -0.425. The molecule has 1 fully saturated rings. The Kier molecular flexibility index (Phi) is 7.98. The summed E-state index contributed by atoms with van der Waals surface area (Å²) >= 11 is 6.28. The van der Waals surface area contributed by atoms with E-state index in [1.165, 1.54) is 16.8 Å². The van der Waals surface area contributed by atoms with Gasteiger partial charge in [-0.2, -0.15) is 5.10 Å². The highest BCUT2D eigenvalue weighted by Gasteiger charge is 2.22. The Hall–Kier alpha value is -4.54. The van der Waals surface area contributed by atoms with Crippen LogP contribution < -0.4 is 16.4 Å². The summed E-state index contributed by atoms with van der Waals surface area (Å²) in [5, 5.41) is 9.08. The van der Waals surface area contributed by atoms with Gasteiger partial charge in [-0.3, -0.25) is 14.4 Å². The first-order chi connectivity index (χ1) is 20.4. The Morgan fingerprint density at radius 1 is 0.976 bits per heavy atom. The molecule has 1 aliphatic rings. The number of halogens is 1. The second kappa shape index (κ2) is 12.1. The lowest BCUT2D eigenvalue weighted by Gasteiger charge is -2.23. The third-order valence-corrected chi connectivity index (χ3v) is 7.56. The van der Waals surface area contributed by atoms with E-state index in [1.807, 2.05) is 53.2 Å². The van der Waals surface area contributed by atoms with E-state index in [9.17, 15) is 14.4 Å². The van der Waals surface area contributed by atoms with Crippen molar-refractivity contribution in [3.63, 3.8) is 0 Å². The molecule has 11 heteroatoms. The van der Waals surface area contributed by atoms with Crippen molar-refractivity contribution in [2.24, 2.45) is 0 Å². The Balaban J connectivity index is 1.15. The van der Waals surface area contributed by atoms with Crippen LogP contribution in [0.3, 0.4) is 0 Å². The van der Waals surface area contributed by atoms with E-state index in [-0.39, 0.29) is 36.1 Å². The topological polar surface area (TPSA) is 113 Å². The zero-order chi connectivity index (χ0) is 29.1. The molecule has 1 unspecified atom stereocenters. The van der Waals surface area contributed by atoms with Gasteiger partial charge in [0.15, 0.2) is 6.23 Å². The molecule has 1 amide bonds. The number of nitrogens with one attached hydrogen (secondary N) is 1. The Labute approximate surface area is 246 Å². The minimum absolute atomic E-state index is 0.0701. The molecule has 1 atom stereocenters. The van der Waals surface area contributed by atoms with Crippen molar-refractivity contribution in [3.05, 3.63) is 127 Å². The normalized spacial score (nSPS) is 15.1. The van der Waals surface area contributed by atoms with Crippen LogP contribution in [0, 0.1) is 0 Å². The molecule has 6 rings (SSSR count). The van der Waals surface area contributed by atoms with Crippen LogP contribution in [0.1, 0.15) is 52.8 Å². The molecule has 5 aromatic rings. The SMILES string of the molecule is O=C(NCc1nn(C2CCCCO2)c2ccc(Cl)cc12)c1cn(Cc2ccc(Cn3ccccc3=O)cc2)c(=O)cn1. The number of aromatic nitrogens is 5. The van der Waals surface area contributed by atoms with Crippen molar-refractivity contribution in [1.82, 2.24) is 29.2 Å². The molecule has 0 radical (unpaired) electrons. The zero-order valence-electron chi connectivity index (χ0n) is 22.8. The van der Waals surface area contributed by atoms with E-state index in [0.29, 0.717) is 23.9 Å². The quantitative estimate of drug-likeness (QED) is 0.293. The molecule has 10 nitrogen and oxygen atoms in total. The van der Waals surface area contributed by atoms with E-state index in [1.54, 1.807) is 16.8 Å². The van der Waals surface area contributed by atoms with Gasteiger partial charge in [0.1, 0.15) is 5.69 Å². The monoisotopic (exact) mass is 584 g/mol. The number of carbonyl (C=O) groups is 1. The van der Waals surface area contributed by atoms with E-state index in [4.69, 9.17) is 21.4 Å². The molecule has 3 aromatic heterocycles. The van der Waals surface area contributed by atoms with Gasteiger partial charge < -0.3 is 19.2 Å². The lowest BCUT2D eigenvalue weighted by Crippen LogP contribution is -2.28. The van der Waals surface area contributed by atoms with Crippen LogP contribution >= 0.6 is 11.6 Å². The van der Waals surface area contributed by atoms with Crippen LogP contribution in [0.4, 0.5) is 0 Å². The van der Waals surface area contributed by atoms with Crippen LogP contribution in [0.25, 0.3) is 10.9 Å². The number of hydrogen-bond donors (Lipinski definition) is 1. The number of pyridine rings is 1. The third-order valence-electron chi connectivity index (χ3n) is 7.33. The number of rotatable bonds is 8. The molecule has 0 aliphatic carbocycles. The Bertz CT molecular complexity index is 1850. The molecule has 1 aliphatic heterocycles. The summed E-state index contributed by atoms with van der Waals surface area (Å²) in [6.45, 7) is 1.56. The van der Waals surface area contributed by atoms with Gasteiger partial charge in [0.05, 0.1) is 37.0 Å². The molecule has 0 spiro atoms. The van der Waals surface area contributed by atoms with Gasteiger partial charge in [0.25, 0.3) is 17.0 Å². The average molecular weight is 585 g/mol. The van der Waals surface area contributed by atoms with Gasteiger partial charge >= 0.3 is 0 Å². The van der Waals surface area contributed by atoms with Crippen molar-refractivity contribution in [3.8, 4) is 0 Å². The first kappa shape index (κ1) is 27.6. The summed E-state index contributed by atoms with van der Waals surface area (Å²) in [4.78, 5) is 41.7. The predicted octanol–water partition coefficient (Wildman–Crippen LogP) is 4.13. The molecule has 1 N–H and O–H groups in total. The lowest BCUT2D eigenvalue weighted by atomic mass is 10.1. The fourth-order valence-corrected chi connectivity index (χ4v) is 5.29. The highest BCUT2D eigenvalue weighted by Crippen LogP contribution is 2.29. The zero-order valence-corrected chi connectivity index (χ0v) is 23.5. The third kappa shape index (κ3) is 6.05. The van der Waals surface area contributed by atoms with Crippen LogP contribution in [0.15, 0.2) is 88.8 Å². The van der Waals surface area contributed by atoms with Gasteiger partial charge in [-0.1, -0.05) is 41.9 Å². The highest BCUT2D eigenvalue weighted by molar-refractivity contribution is 6.31. The van der Waals surface area contributed by atoms with Gasteiger partial charge in [0, 0.05) is 35.5 Å². The largest absolute Gasteiger partial charge is 0.356 e. The van der Waals surface area contributed by atoms with Gasteiger partial charge in [-0.25, -0.2) is 9.67 Å². The van der Waals surface area contributed by atoms with Crippen LogP contribution in [-0.2, 0) is 24.4 Å². The predicted molar refractivity (Wildman–Crippen MR) is 159 cm³/mol. The molecular formula is C31H29ClN6O4. The second-order valence-electron chi connectivity index (χ2n) is 10.3. The average Bonchev–Trinajstić information content (AvgIpc) is 3.37. The first-order valence-electron chi connectivity index (χ1n) is 13.8. The first-order valence-corrected chi connectivity index (χ1v) is 14.2. The summed E-state index contributed by atoms with van der Waals surface area (Å²) in [7, 11) is 0. The fourth-order valence-electron chi connectivity index (χ4n) is 5.12. The number of hydrogen-bond acceptors (Lipinski definition) is 6. The van der Waals surface area contributed by atoms with Crippen molar-refractivity contribution < 1.29 is 9.53 Å². The summed E-state index contributed by atoms with van der Waals surface area (Å²) < 4.78 is 10.9. The standard InChI is InChI=1S/C31H29ClN6O4/c32-23-11-12-27-24(15-23)25(35-38(27)30-6-2-4-14-42-30)16-34-31(41)26-20-37(29(40)17-33-26)19-22-9-7-21(8-10-22)18-36-13-3-1-5-28(36)39/h1,3,5,7-13,15,17,20,30H,2,4,6,14,16,18-19H2,(H,34,41). The van der Waals surface area contributed by atoms with Crippen molar-refractivity contribution in [2.45, 2.75) is 45.1 Å². The summed E-state index contributed by atoms with van der Waals surface area (Å²) in [5.41, 5.74) is 3.12. The lowest BCUT2D eigenvalue weighted by molar-refractivity contribution is -0.0369. The molecule has 0 bridgehead atoms. The summed E-state index contributed by atoms with van der Waals surface area (Å²) in [6.07, 6.45) is 7.15. The maximum atomic E-state index is 13.1. The van der Waals surface area contributed by atoms with Crippen LogP contribution in [0.2, 0.25) is 5.02 Å². The van der Waals surface area contributed by atoms with Gasteiger partial charge in [0.2, 0.25) is 0 Å². The number of benzene rings is 2. The maximum absolute atomic E-state index is 13.1. The van der Waals surface area contributed by atoms with Crippen LogP contribution in [0.5, 0.6) is 0 Å². The Morgan fingerprint density at radius 3 is 2.50 bits per heavy atom. The van der Waals surface area contributed by atoms with E-state index in [2.05, 4.69) is 10.3 Å².